The molecule has 0 spiro atoms. The van der Waals surface area contributed by atoms with Gasteiger partial charge in [0.15, 0.2) is 5.82 Å². The van der Waals surface area contributed by atoms with Gasteiger partial charge in [-0.3, -0.25) is 0 Å². The summed E-state index contributed by atoms with van der Waals surface area (Å²) in [4.78, 5) is 22.7. The number of rotatable bonds is 3. The molecule has 8 nitrogen and oxygen atoms in total. The molecule has 1 saturated heterocycles. The van der Waals surface area contributed by atoms with Crippen LogP contribution < -0.4 is 9.80 Å². The van der Waals surface area contributed by atoms with Crippen LogP contribution in [-0.4, -0.2) is 55.9 Å². The predicted molar refractivity (Wildman–Crippen MR) is 107 cm³/mol. The van der Waals surface area contributed by atoms with E-state index in [1.807, 2.05) is 24.6 Å². The molecule has 0 radical (unpaired) electrons. The van der Waals surface area contributed by atoms with Crippen LogP contribution in [0.5, 0.6) is 0 Å². The zero-order valence-electron chi connectivity index (χ0n) is 16.3. The van der Waals surface area contributed by atoms with Crippen molar-refractivity contribution in [1.82, 2.24) is 29.7 Å². The minimum absolute atomic E-state index is 0.812. The Kier molecular flexibility index (Phi) is 4.18. The third-order valence-electron chi connectivity index (χ3n) is 5.62. The minimum atomic E-state index is 0.812. The second kappa shape index (κ2) is 6.85. The summed E-state index contributed by atoms with van der Waals surface area (Å²) in [5, 5.41) is 4.54. The molecular weight excluding hydrogens is 352 g/mol. The highest BCUT2D eigenvalue weighted by molar-refractivity contribution is 5.53. The molecule has 3 aromatic heterocycles. The van der Waals surface area contributed by atoms with Crippen molar-refractivity contribution >= 4 is 11.6 Å². The lowest BCUT2D eigenvalue weighted by molar-refractivity contribution is 0.637. The number of fused-ring (bicyclic) bond motifs is 1. The van der Waals surface area contributed by atoms with Gasteiger partial charge in [-0.05, 0) is 39.2 Å². The van der Waals surface area contributed by atoms with Crippen molar-refractivity contribution < 1.29 is 0 Å². The molecule has 8 heteroatoms. The number of piperazine rings is 1. The van der Waals surface area contributed by atoms with Gasteiger partial charge in [-0.25, -0.2) is 24.6 Å². The molecule has 0 unspecified atom stereocenters. The van der Waals surface area contributed by atoms with Gasteiger partial charge in [0.1, 0.15) is 24.3 Å². The highest BCUT2D eigenvalue weighted by atomic mass is 15.3. The van der Waals surface area contributed by atoms with E-state index in [9.17, 15) is 0 Å². The Bertz CT molecular complexity index is 1000. The van der Waals surface area contributed by atoms with Crippen molar-refractivity contribution in [3.63, 3.8) is 0 Å². The number of nitrogens with zero attached hydrogens (tertiary/aromatic N) is 8. The molecule has 0 saturated carbocycles. The molecule has 3 aromatic rings. The van der Waals surface area contributed by atoms with Gasteiger partial charge in [0.2, 0.25) is 0 Å². The zero-order chi connectivity index (χ0) is 19.1. The van der Waals surface area contributed by atoms with Crippen molar-refractivity contribution in [2.75, 3.05) is 36.0 Å². The summed E-state index contributed by atoms with van der Waals surface area (Å²) in [7, 11) is 0. The van der Waals surface area contributed by atoms with Crippen LogP contribution in [0.4, 0.5) is 11.6 Å². The Morgan fingerprint density at radius 1 is 0.786 bits per heavy atom. The third-order valence-corrected chi connectivity index (χ3v) is 5.62. The number of hydrogen-bond acceptors (Lipinski definition) is 7. The fraction of sp³-hybridized carbons (Fsp3) is 0.450. The topological polar surface area (TPSA) is 75.9 Å². The maximum absolute atomic E-state index is 4.60. The summed E-state index contributed by atoms with van der Waals surface area (Å²) in [6.07, 6.45) is 6.73. The van der Waals surface area contributed by atoms with Crippen LogP contribution in [-0.2, 0) is 12.8 Å². The number of aromatic nitrogens is 6. The third kappa shape index (κ3) is 2.98. The predicted octanol–water partition coefficient (Wildman–Crippen LogP) is 1.88. The van der Waals surface area contributed by atoms with Crippen LogP contribution >= 0.6 is 0 Å². The lowest BCUT2D eigenvalue weighted by Gasteiger charge is -2.36. The average Bonchev–Trinajstić information content (AvgIpc) is 3.34. The highest BCUT2D eigenvalue weighted by Gasteiger charge is 2.25. The molecule has 144 valence electrons. The van der Waals surface area contributed by atoms with Crippen LogP contribution in [0.1, 0.15) is 29.1 Å². The van der Waals surface area contributed by atoms with E-state index in [4.69, 9.17) is 0 Å². The van der Waals surface area contributed by atoms with E-state index in [-0.39, 0.29) is 0 Å². The van der Waals surface area contributed by atoms with Gasteiger partial charge in [0.05, 0.1) is 5.69 Å². The Morgan fingerprint density at radius 2 is 1.54 bits per heavy atom. The summed E-state index contributed by atoms with van der Waals surface area (Å²) < 4.78 is 1.88. The molecule has 0 amide bonds. The van der Waals surface area contributed by atoms with Gasteiger partial charge in [-0.1, -0.05) is 0 Å². The van der Waals surface area contributed by atoms with Crippen molar-refractivity contribution in [3.8, 4) is 5.82 Å². The van der Waals surface area contributed by atoms with E-state index >= 15 is 0 Å². The lowest BCUT2D eigenvalue weighted by Crippen LogP contribution is -2.47. The quantitative estimate of drug-likeness (QED) is 0.691. The second-order valence-corrected chi connectivity index (χ2v) is 7.52. The van der Waals surface area contributed by atoms with Crippen molar-refractivity contribution in [2.24, 2.45) is 0 Å². The maximum Gasteiger partial charge on any atom is 0.159 e. The molecule has 1 aliphatic carbocycles. The van der Waals surface area contributed by atoms with E-state index in [2.05, 4.69) is 40.9 Å². The van der Waals surface area contributed by atoms with Crippen LogP contribution in [0, 0.1) is 13.8 Å². The van der Waals surface area contributed by atoms with E-state index < -0.39 is 0 Å². The van der Waals surface area contributed by atoms with Crippen molar-refractivity contribution in [2.45, 2.75) is 33.1 Å². The summed E-state index contributed by atoms with van der Waals surface area (Å²) in [6.45, 7) is 7.72. The van der Waals surface area contributed by atoms with Gasteiger partial charge in [0, 0.05) is 49.2 Å². The van der Waals surface area contributed by atoms with Crippen molar-refractivity contribution in [1.29, 1.82) is 0 Å². The lowest BCUT2D eigenvalue weighted by atomic mass is 10.2. The molecule has 0 bridgehead atoms. The first kappa shape index (κ1) is 17.1. The van der Waals surface area contributed by atoms with Gasteiger partial charge in [0.25, 0.3) is 0 Å². The molecule has 0 N–H and O–H groups in total. The molecule has 2 aliphatic rings. The molecule has 28 heavy (non-hydrogen) atoms. The normalized spacial score (nSPS) is 16.5. The Balaban J connectivity index is 1.33. The van der Waals surface area contributed by atoms with Crippen LogP contribution in [0.2, 0.25) is 0 Å². The number of aryl methyl sites for hydroxylation is 3. The summed E-state index contributed by atoms with van der Waals surface area (Å²) >= 11 is 0. The minimum Gasteiger partial charge on any atom is -0.353 e. The first-order chi connectivity index (χ1) is 13.7. The molecule has 0 aromatic carbocycles. The summed E-state index contributed by atoms with van der Waals surface area (Å²) in [5.41, 5.74) is 4.65. The highest BCUT2D eigenvalue weighted by Crippen LogP contribution is 2.29. The number of anilines is 2. The standard InChI is InChI=1S/C20H24N8/c1-14-10-15(2)28(25-14)19-11-18(22-13-23-19)26-6-8-27(9-7-26)20-16-4-3-5-17(16)21-12-24-20/h10-13H,3-9H2,1-2H3. The zero-order valence-corrected chi connectivity index (χ0v) is 16.3. The van der Waals surface area contributed by atoms with E-state index in [0.29, 0.717) is 0 Å². The average molecular weight is 376 g/mol. The maximum atomic E-state index is 4.60. The molecule has 1 fully saturated rings. The largest absolute Gasteiger partial charge is 0.353 e. The molecular formula is C20H24N8. The van der Waals surface area contributed by atoms with Gasteiger partial charge >= 0.3 is 0 Å². The summed E-state index contributed by atoms with van der Waals surface area (Å²) in [6, 6.07) is 4.08. The fourth-order valence-corrected chi connectivity index (χ4v) is 4.25. The van der Waals surface area contributed by atoms with Crippen LogP contribution in [0.25, 0.3) is 5.82 Å². The van der Waals surface area contributed by atoms with Crippen LogP contribution in [0.15, 0.2) is 24.8 Å². The molecule has 0 atom stereocenters. The second-order valence-electron chi connectivity index (χ2n) is 7.52. The van der Waals surface area contributed by atoms with Crippen LogP contribution in [0.3, 0.4) is 0 Å². The monoisotopic (exact) mass is 376 g/mol. The summed E-state index contributed by atoms with van der Waals surface area (Å²) in [5.74, 6) is 2.89. The number of hydrogen-bond donors (Lipinski definition) is 0. The molecule has 4 heterocycles. The fourth-order valence-electron chi connectivity index (χ4n) is 4.25. The van der Waals surface area contributed by atoms with Gasteiger partial charge < -0.3 is 9.80 Å². The van der Waals surface area contributed by atoms with Gasteiger partial charge in [-0.2, -0.15) is 5.10 Å². The SMILES string of the molecule is Cc1cc(C)n(-c2cc(N3CCN(c4ncnc5c4CCC5)CC3)ncn2)n1. The Hall–Kier alpha value is -3.03. The van der Waals surface area contributed by atoms with Crippen molar-refractivity contribution in [3.05, 3.63) is 47.4 Å². The van der Waals surface area contributed by atoms with E-state index in [1.165, 1.54) is 17.7 Å². The van der Waals surface area contributed by atoms with E-state index in [0.717, 1.165) is 67.9 Å². The first-order valence-corrected chi connectivity index (χ1v) is 9.87. The Labute approximate surface area is 164 Å². The Morgan fingerprint density at radius 3 is 2.32 bits per heavy atom. The van der Waals surface area contributed by atoms with E-state index in [1.54, 1.807) is 12.7 Å². The smallest absolute Gasteiger partial charge is 0.159 e. The molecule has 1 aliphatic heterocycles. The first-order valence-electron chi connectivity index (χ1n) is 9.87. The van der Waals surface area contributed by atoms with Gasteiger partial charge in [-0.15, -0.1) is 0 Å². The molecule has 5 rings (SSSR count).